The lowest BCUT2D eigenvalue weighted by atomic mass is 10.0. The molecule has 0 saturated heterocycles. The first-order valence-corrected chi connectivity index (χ1v) is 12.3. The van der Waals surface area contributed by atoms with Gasteiger partial charge in [-0.2, -0.15) is 0 Å². The maximum Gasteiger partial charge on any atom is 0.328 e. The Kier molecular flexibility index (Phi) is 13.7. The van der Waals surface area contributed by atoms with Crippen LogP contribution in [0.15, 0.2) is 30.3 Å². The van der Waals surface area contributed by atoms with Crippen LogP contribution < -0.4 is 27.4 Å². The predicted molar refractivity (Wildman–Crippen MR) is 136 cm³/mol. The maximum atomic E-state index is 13.3. The molecule has 0 spiro atoms. The molecule has 0 heterocycles. The number of aliphatic carboxylic acids is 1. The van der Waals surface area contributed by atoms with Crippen molar-refractivity contribution in [1.82, 2.24) is 16.0 Å². The summed E-state index contributed by atoms with van der Waals surface area (Å²) in [6.07, 6.45) is 0.531. The first-order chi connectivity index (χ1) is 17.0. The zero-order valence-electron chi connectivity index (χ0n) is 21.3. The highest BCUT2D eigenvalue weighted by molar-refractivity contribution is 5.94. The second-order valence-corrected chi connectivity index (χ2v) is 9.40. The minimum Gasteiger partial charge on any atom is -0.480 e. The van der Waals surface area contributed by atoms with Crippen molar-refractivity contribution < 1.29 is 29.4 Å². The third-order valence-electron chi connectivity index (χ3n) is 5.60. The number of unbranched alkanes of at least 4 members (excludes halogenated alkanes) is 1. The molecule has 0 aliphatic heterocycles. The summed E-state index contributed by atoms with van der Waals surface area (Å²) in [7, 11) is 0. The van der Waals surface area contributed by atoms with Gasteiger partial charge in [0.25, 0.3) is 0 Å². The smallest absolute Gasteiger partial charge is 0.328 e. The summed E-state index contributed by atoms with van der Waals surface area (Å²) in [6.45, 7) is 5.49. The van der Waals surface area contributed by atoms with Gasteiger partial charge in [-0.15, -0.1) is 0 Å². The summed E-state index contributed by atoms with van der Waals surface area (Å²) in [4.78, 5) is 50.3. The number of carbonyl (C=O) groups excluding carboxylic acids is 3. The standard InChI is InChI=1S/C25H41N5O6/c1-15(2)13-18(27)22(32)29-20(14-17-9-5-4-6-10-17)24(34)28-19(11-7-8-12-26)23(33)30-21(16(3)31)25(35)36/h4-6,9-10,15-16,18-21,31H,7-8,11-14,26-27H2,1-3H3,(H,28,34)(H,29,32)(H,30,33)(H,35,36). The Balaban J connectivity index is 3.10. The molecule has 1 aromatic carbocycles. The molecule has 0 aliphatic rings. The Morgan fingerprint density at radius 3 is 2.00 bits per heavy atom. The molecule has 11 nitrogen and oxygen atoms in total. The molecule has 1 rings (SSSR count). The van der Waals surface area contributed by atoms with Gasteiger partial charge in [0.1, 0.15) is 12.1 Å². The van der Waals surface area contributed by atoms with Crippen molar-refractivity contribution >= 4 is 23.7 Å². The molecule has 5 atom stereocenters. The van der Waals surface area contributed by atoms with Crippen LogP contribution in [0, 0.1) is 5.92 Å². The largest absolute Gasteiger partial charge is 0.480 e. The SMILES string of the molecule is CC(C)CC(N)C(=O)NC(Cc1ccccc1)C(=O)NC(CCCCN)C(=O)NC(C(=O)O)C(C)O. The monoisotopic (exact) mass is 507 g/mol. The van der Waals surface area contributed by atoms with Crippen molar-refractivity contribution in [3.8, 4) is 0 Å². The minimum absolute atomic E-state index is 0.162. The summed E-state index contributed by atoms with van der Waals surface area (Å²) in [5.74, 6) is -3.07. The average molecular weight is 508 g/mol. The molecular weight excluding hydrogens is 466 g/mol. The Morgan fingerprint density at radius 1 is 0.889 bits per heavy atom. The summed E-state index contributed by atoms with van der Waals surface area (Å²) in [5, 5.41) is 26.6. The molecule has 1 aromatic rings. The number of carboxylic acid groups (broad SMARTS) is 1. The number of hydrogen-bond acceptors (Lipinski definition) is 7. The van der Waals surface area contributed by atoms with Gasteiger partial charge in [-0.05, 0) is 50.6 Å². The van der Waals surface area contributed by atoms with E-state index in [4.69, 9.17) is 11.5 Å². The first-order valence-electron chi connectivity index (χ1n) is 12.3. The van der Waals surface area contributed by atoms with Crippen LogP contribution in [0.3, 0.4) is 0 Å². The Bertz CT molecular complexity index is 849. The zero-order chi connectivity index (χ0) is 27.3. The number of carboxylic acids is 1. The number of hydrogen-bond donors (Lipinski definition) is 7. The van der Waals surface area contributed by atoms with Gasteiger partial charge in [0.15, 0.2) is 6.04 Å². The molecule has 9 N–H and O–H groups in total. The normalized spacial score (nSPS) is 15.3. The molecule has 0 fully saturated rings. The van der Waals surface area contributed by atoms with Crippen LogP contribution in [0.2, 0.25) is 0 Å². The van der Waals surface area contributed by atoms with E-state index in [2.05, 4.69) is 16.0 Å². The molecule has 0 saturated carbocycles. The van der Waals surface area contributed by atoms with E-state index in [1.807, 2.05) is 44.2 Å². The maximum absolute atomic E-state index is 13.3. The number of aliphatic hydroxyl groups is 1. The van der Waals surface area contributed by atoms with Gasteiger partial charge in [-0.3, -0.25) is 14.4 Å². The fourth-order valence-electron chi connectivity index (χ4n) is 3.63. The van der Waals surface area contributed by atoms with E-state index in [9.17, 15) is 29.4 Å². The van der Waals surface area contributed by atoms with Crippen LogP contribution in [-0.4, -0.2) is 70.7 Å². The van der Waals surface area contributed by atoms with E-state index in [1.54, 1.807) is 0 Å². The predicted octanol–water partition coefficient (Wildman–Crippen LogP) is -0.349. The lowest BCUT2D eigenvalue weighted by molar-refractivity contribution is -0.145. The van der Waals surface area contributed by atoms with E-state index in [-0.39, 0.29) is 18.8 Å². The zero-order valence-corrected chi connectivity index (χ0v) is 21.3. The number of aliphatic hydroxyl groups excluding tert-OH is 1. The van der Waals surface area contributed by atoms with Crippen LogP contribution >= 0.6 is 0 Å². The third-order valence-corrected chi connectivity index (χ3v) is 5.60. The van der Waals surface area contributed by atoms with Crippen molar-refractivity contribution in [2.75, 3.05) is 6.54 Å². The molecule has 202 valence electrons. The van der Waals surface area contributed by atoms with E-state index in [0.717, 1.165) is 5.56 Å². The highest BCUT2D eigenvalue weighted by Gasteiger charge is 2.31. The summed E-state index contributed by atoms with van der Waals surface area (Å²) in [6, 6.07) is 4.61. The van der Waals surface area contributed by atoms with E-state index >= 15 is 0 Å². The fraction of sp³-hybridized carbons (Fsp3) is 0.600. The molecule has 36 heavy (non-hydrogen) atoms. The second-order valence-electron chi connectivity index (χ2n) is 9.40. The fourth-order valence-corrected chi connectivity index (χ4v) is 3.63. The molecular formula is C25H41N5O6. The number of amides is 3. The molecule has 0 aliphatic carbocycles. The third kappa shape index (κ3) is 11.1. The first kappa shape index (κ1) is 31.0. The summed E-state index contributed by atoms with van der Waals surface area (Å²) < 4.78 is 0. The van der Waals surface area contributed by atoms with Crippen LogP contribution in [0.5, 0.6) is 0 Å². The number of benzene rings is 1. The van der Waals surface area contributed by atoms with Crippen molar-refractivity contribution in [2.45, 2.75) is 83.1 Å². The number of carbonyl (C=O) groups is 4. The number of nitrogens with one attached hydrogen (secondary N) is 3. The van der Waals surface area contributed by atoms with Crippen molar-refractivity contribution in [1.29, 1.82) is 0 Å². The van der Waals surface area contributed by atoms with E-state index < -0.39 is 54.0 Å². The molecule has 11 heteroatoms. The van der Waals surface area contributed by atoms with Gasteiger partial charge in [-0.1, -0.05) is 44.2 Å². The van der Waals surface area contributed by atoms with Crippen LogP contribution in [0.4, 0.5) is 0 Å². The molecule has 0 aromatic heterocycles. The van der Waals surface area contributed by atoms with Gasteiger partial charge in [0.2, 0.25) is 17.7 Å². The second kappa shape index (κ2) is 15.9. The van der Waals surface area contributed by atoms with Gasteiger partial charge in [0.05, 0.1) is 12.1 Å². The van der Waals surface area contributed by atoms with Gasteiger partial charge in [-0.25, -0.2) is 4.79 Å². The van der Waals surface area contributed by atoms with Crippen molar-refractivity contribution in [3.05, 3.63) is 35.9 Å². The van der Waals surface area contributed by atoms with Gasteiger partial charge >= 0.3 is 5.97 Å². The van der Waals surface area contributed by atoms with Crippen LogP contribution in [-0.2, 0) is 25.6 Å². The van der Waals surface area contributed by atoms with Crippen molar-refractivity contribution in [2.24, 2.45) is 17.4 Å². The van der Waals surface area contributed by atoms with Gasteiger partial charge in [0, 0.05) is 6.42 Å². The Morgan fingerprint density at radius 2 is 1.47 bits per heavy atom. The minimum atomic E-state index is -1.54. The van der Waals surface area contributed by atoms with E-state index in [0.29, 0.717) is 25.8 Å². The molecule has 0 bridgehead atoms. The summed E-state index contributed by atoms with van der Waals surface area (Å²) in [5.41, 5.74) is 12.3. The average Bonchev–Trinajstić information content (AvgIpc) is 2.81. The lowest BCUT2D eigenvalue weighted by Gasteiger charge is -2.26. The molecule has 3 amide bonds. The highest BCUT2D eigenvalue weighted by Crippen LogP contribution is 2.09. The van der Waals surface area contributed by atoms with E-state index in [1.165, 1.54) is 6.92 Å². The number of nitrogens with two attached hydrogens (primary N) is 2. The highest BCUT2D eigenvalue weighted by atomic mass is 16.4. The Labute approximate surface area is 212 Å². The lowest BCUT2D eigenvalue weighted by Crippen LogP contribution is -2.58. The molecule has 0 radical (unpaired) electrons. The van der Waals surface area contributed by atoms with Crippen LogP contribution in [0.1, 0.15) is 52.0 Å². The number of rotatable bonds is 16. The van der Waals surface area contributed by atoms with Gasteiger partial charge < -0.3 is 37.6 Å². The quantitative estimate of drug-likeness (QED) is 0.147. The van der Waals surface area contributed by atoms with Crippen molar-refractivity contribution in [3.63, 3.8) is 0 Å². The topological polar surface area (TPSA) is 197 Å². The summed E-state index contributed by atoms with van der Waals surface area (Å²) >= 11 is 0. The molecule has 5 unspecified atom stereocenters. The Hall–Kier alpha value is -3.02. The van der Waals surface area contributed by atoms with Crippen LogP contribution in [0.25, 0.3) is 0 Å².